The van der Waals surface area contributed by atoms with Gasteiger partial charge in [0, 0.05) is 24.1 Å². The van der Waals surface area contributed by atoms with Gasteiger partial charge < -0.3 is 0 Å². The van der Waals surface area contributed by atoms with Crippen molar-refractivity contribution in [3.63, 3.8) is 0 Å². The predicted octanol–water partition coefficient (Wildman–Crippen LogP) is 1.45. The Kier molecular flexibility index (Phi) is 2.06. The average Bonchev–Trinajstić information content (AvgIpc) is 2.61. The molecule has 0 amide bonds. The largest absolute Gasteiger partial charge is 0.299 e. The SMILES string of the molecule is CN1CCC2CCc3c(ccc[n+]3C)C21. The molecule has 0 aromatic carbocycles. The van der Waals surface area contributed by atoms with Gasteiger partial charge >= 0.3 is 0 Å². The van der Waals surface area contributed by atoms with Crippen LogP contribution in [0.4, 0.5) is 0 Å². The molecule has 3 rings (SSSR count). The minimum absolute atomic E-state index is 0.696. The number of nitrogens with zero attached hydrogens (tertiary/aromatic N) is 2. The van der Waals surface area contributed by atoms with Crippen molar-refractivity contribution in [3.8, 4) is 0 Å². The molecule has 0 spiro atoms. The standard InChI is InChI=1S/C13H19N2/c1-14-8-3-4-11-12(14)6-5-10-7-9-15(2)13(10)11/h3-4,8,10,13H,5-7,9H2,1-2H3/q+1. The number of aromatic nitrogens is 1. The summed E-state index contributed by atoms with van der Waals surface area (Å²) in [5.74, 6) is 0.907. The van der Waals surface area contributed by atoms with Gasteiger partial charge in [0.25, 0.3) is 0 Å². The highest BCUT2D eigenvalue weighted by Crippen LogP contribution is 2.42. The van der Waals surface area contributed by atoms with Gasteiger partial charge in [-0.05, 0) is 38.4 Å². The van der Waals surface area contributed by atoms with Crippen molar-refractivity contribution in [1.82, 2.24) is 4.90 Å². The summed E-state index contributed by atoms with van der Waals surface area (Å²) >= 11 is 0. The number of hydrogen-bond donors (Lipinski definition) is 0. The number of aryl methyl sites for hydroxylation is 1. The number of rotatable bonds is 0. The van der Waals surface area contributed by atoms with E-state index in [-0.39, 0.29) is 0 Å². The molecule has 2 nitrogen and oxygen atoms in total. The van der Waals surface area contributed by atoms with E-state index >= 15 is 0 Å². The maximum absolute atomic E-state index is 2.53. The number of hydrogen-bond acceptors (Lipinski definition) is 1. The molecule has 0 bridgehead atoms. The Balaban J connectivity index is 2.10. The van der Waals surface area contributed by atoms with Crippen LogP contribution in [0.25, 0.3) is 0 Å². The lowest BCUT2D eigenvalue weighted by molar-refractivity contribution is -0.680. The van der Waals surface area contributed by atoms with E-state index < -0.39 is 0 Å². The Morgan fingerprint density at radius 1 is 1.40 bits per heavy atom. The Bertz CT molecular complexity index is 386. The second-order valence-electron chi connectivity index (χ2n) is 5.03. The average molecular weight is 203 g/mol. The van der Waals surface area contributed by atoms with Gasteiger partial charge in [-0.25, -0.2) is 4.57 Å². The zero-order chi connectivity index (χ0) is 10.4. The third-order valence-corrected chi connectivity index (χ3v) is 4.19. The molecule has 15 heavy (non-hydrogen) atoms. The highest BCUT2D eigenvalue weighted by molar-refractivity contribution is 5.25. The summed E-state index contributed by atoms with van der Waals surface area (Å²) in [6.07, 6.45) is 6.20. The predicted molar refractivity (Wildman–Crippen MR) is 59.4 cm³/mol. The number of pyridine rings is 1. The third-order valence-electron chi connectivity index (χ3n) is 4.19. The summed E-state index contributed by atoms with van der Waals surface area (Å²) in [5.41, 5.74) is 3.13. The van der Waals surface area contributed by atoms with E-state index in [1.165, 1.54) is 25.8 Å². The lowest BCUT2D eigenvalue weighted by atomic mass is 9.82. The lowest BCUT2D eigenvalue weighted by Gasteiger charge is -2.29. The van der Waals surface area contributed by atoms with Gasteiger partial charge in [0.05, 0.1) is 0 Å². The highest BCUT2D eigenvalue weighted by atomic mass is 15.2. The van der Waals surface area contributed by atoms with Crippen LogP contribution in [0.1, 0.15) is 30.1 Å². The Hall–Kier alpha value is -0.890. The maximum Gasteiger partial charge on any atom is 0.185 e. The molecule has 1 fully saturated rings. The summed E-state index contributed by atoms with van der Waals surface area (Å²) < 4.78 is 2.30. The van der Waals surface area contributed by atoms with Crippen LogP contribution in [0.3, 0.4) is 0 Å². The van der Waals surface area contributed by atoms with Crippen molar-refractivity contribution in [2.45, 2.75) is 25.3 Å². The monoisotopic (exact) mass is 203 g/mol. The summed E-state index contributed by atoms with van der Waals surface area (Å²) in [5, 5.41) is 0. The first-order chi connectivity index (χ1) is 7.27. The lowest BCUT2D eigenvalue weighted by Crippen LogP contribution is -2.39. The molecule has 2 aliphatic rings. The van der Waals surface area contributed by atoms with E-state index in [4.69, 9.17) is 0 Å². The molecular weight excluding hydrogens is 184 g/mol. The molecule has 1 saturated heterocycles. The van der Waals surface area contributed by atoms with Gasteiger partial charge in [-0.1, -0.05) is 0 Å². The fraction of sp³-hybridized carbons (Fsp3) is 0.615. The molecular formula is C13H19N2+. The van der Waals surface area contributed by atoms with Crippen molar-refractivity contribution in [1.29, 1.82) is 0 Å². The fourth-order valence-electron chi connectivity index (χ4n) is 3.40. The first kappa shape index (κ1) is 9.34. The van der Waals surface area contributed by atoms with E-state index in [1.54, 1.807) is 11.3 Å². The molecule has 1 aliphatic carbocycles. The van der Waals surface area contributed by atoms with Gasteiger partial charge in [-0.2, -0.15) is 0 Å². The molecule has 2 heterocycles. The summed E-state index contributed by atoms with van der Waals surface area (Å²) in [7, 11) is 4.45. The smallest absolute Gasteiger partial charge is 0.185 e. The van der Waals surface area contributed by atoms with Crippen molar-refractivity contribution in [2.75, 3.05) is 13.6 Å². The molecule has 0 saturated carbocycles. The number of fused-ring (bicyclic) bond motifs is 3. The van der Waals surface area contributed by atoms with E-state index in [9.17, 15) is 0 Å². The van der Waals surface area contributed by atoms with E-state index in [0.717, 1.165) is 5.92 Å². The fourth-order valence-corrected chi connectivity index (χ4v) is 3.40. The summed E-state index contributed by atoms with van der Waals surface area (Å²) in [6, 6.07) is 5.21. The molecule has 2 unspecified atom stereocenters. The summed E-state index contributed by atoms with van der Waals surface area (Å²) in [6.45, 7) is 1.27. The first-order valence-electron chi connectivity index (χ1n) is 5.95. The van der Waals surface area contributed by atoms with Crippen molar-refractivity contribution < 1.29 is 4.57 Å². The zero-order valence-corrected chi connectivity index (χ0v) is 9.61. The van der Waals surface area contributed by atoms with Crippen LogP contribution in [-0.4, -0.2) is 18.5 Å². The third kappa shape index (κ3) is 1.31. The van der Waals surface area contributed by atoms with Gasteiger partial charge in [0.2, 0.25) is 0 Å². The van der Waals surface area contributed by atoms with Crippen molar-refractivity contribution in [3.05, 3.63) is 29.6 Å². The van der Waals surface area contributed by atoms with Crippen LogP contribution < -0.4 is 4.57 Å². The first-order valence-corrected chi connectivity index (χ1v) is 5.95. The molecule has 2 atom stereocenters. The van der Waals surface area contributed by atoms with Gasteiger partial charge in [0.15, 0.2) is 11.9 Å². The molecule has 2 heteroatoms. The molecule has 0 radical (unpaired) electrons. The van der Waals surface area contributed by atoms with Crippen LogP contribution in [0.15, 0.2) is 18.3 Å². The van der Waals surface area contributed by atoms with Crippen LogP contribution >= 0.6 is 0 Å². The van der Waals surface area contributed by atoms with Crippen LogP contribution in [-0.2, 0) is 13.5 Å². The van der Waals surface area contributed by atoms with E-state index in [1.807, 2.05) is 0 Å². The van der Waals surface area contributed by atoms with Crippen LogP contribution in [0, 0.1) is 5.92 Å². The van der Waals surface area contributed by atoms with E-state index in [2.05, 4.69) is 41.9 Å². The van der Waals surface area contributed by atoms with Crippen molar-refractivity contribution in [2.24, 2.45) is 13.0 Å². The highest BCUT2D eigenvalue weighted by Gasteiger charge is 2.39. The Labute approximate surface area is 91.5 Å². The van der Waals surface area contributed by atoms with Gasteiger partial charge in [-0.15, -0.1) is 0 Å². The topological polar surface area (TPSA) is 7.12 Å². The molecule has 0 N–H and O–H groups in total. The van der Waals surface area contributed by atoms with Crippen LogP contribution in [0.5, 0.6) is 0 Å². The normalized spacial score (nSPS) is 30.0. The second-order valence-corrected chi connectivity index (χ2v) is 5.03. The second kappa shape index (κ2) is 3.31. The quantitative estimate of drug-likeness (QED) is 0.579. The van der Waals surface area contributed by atoms with Gasteiger partial charge in [0.1, 0.15) is 7.05 Å². The Morgan fingerprint density at radius 3 is 3.13 bits per heavy atom. The van der Waals surface area contributed by atoms with Crippen LogP contribution in [0.2, 0.25) is 0 Å². The molecule has 80 valence electrons. The minimum atomic E-state index is 0.696. The van der Waals surface area contributed by atoms with Gasteiger partial charge in [-0.3, -0.25) is 4.90 Å². The molecule has 1 aliphatic heterocycles. The molecule has 1 aromatic rings. The van der Waals surface area contributed by atoms with E-state index in [0.29, 0.717) is 6.04 Å². The number of likely N-dealkylation sites (tertiary alicyclic amines) is 1. The van der Waals surface area contributed by atoms with Crippen molar-refractivity contribution >= 4 is 0 Å². The summed E-state index contributed by atoms with van der Waals surface area (Å²) in [4.78, 5) is 2.53. The maximum atomic E-state index is 2.53. The molecule has 1 aromatic heterocycles. The Morgan fingerprint density at radius 2 is 2.27 bits per heavy atom. The zero-order valence-electron chi connectivity index (χ0n) is 9.61. The minimum Gasteiger partial charge on any atom is -0.299 e.